The number of aromatic nitrogens is 2. The van der Waals surface area contributed by atoms with Gasteiger partial charge in [0.05, 0.1) is 12.8 Å². The topological polar surface area (TPSA) is 98.7 Å². The molecular formula is C18H28N6O3S. The Bertz CT molecular complexity index is 847. The van der Waals surface area contributed by atoms with E-state index in [2.05, 4.69) is 10.3 Å². The summed E-state index contributed by atoms with van der Waals surface area (Å²) in [6.07, 6.45) is 8.78. The quantitative estimate of drug-likeness (QED) is 0.813. The maximum atomic E-state index is 12.8. The maximum Gasteiger partial charge on any atom is 0.325 e. The second kappa shape index (κ2) is 7.47. The number of rotatable bonds is 4. The van der Waals surface area contributed by atoms with Crippen LogP contribution in [0.2, 0.25) is 0 Å². The van der Waals surface area contributed by atoms with Gasteiger partial charge in [0.1, 0.15) is 5.82 Å². The second-order valence-electron chi connectivity index (χ2n) is 8.07. The number of nitrogens with zero attached hydrogens (tertiary/aromatic N) is 5. The Morgan fingerprint density at radius 1 is 1.14 bits per heavy atom. The van der Waals surface area contributed by atoms with Crippen LogP contribution in [0.3, 0.4) is 0 Å². The van der Waals surface area contributed by atoms with E-state index in [1.54, 1.807) is 11.1 Å². The van der Waals surface area contributed by atoms with Crippen LogP contribution in [0.25, 0.3) is 0 Å². The normalized spacial score (nSPS) is 22.6. The van der Waals surface area contributed by atoms with Crippen LogP contribution in [0, 0.1) is 0 Å². The van der Waals surface area contributed by atoms with Crippen molar-refractivity contribution < 1.29 is 13.2 Å². The largest absolute Gasteiger partial charge is 0.351 e. The standard InChI is InChI=1S/C18H28N6O3S/c1-22-12-13-11-19-17(20-14-7-9-23(10-8-14)28(2,26)27)21-16(13)24(18(22)25)15-5-3-4-6-15/h11,14-15H,3-10,12H2,1-2H3,(H,19,20,21). The monoisotopic (exact) mass is 408 g/mol. The zero-order valence-corrected chi connectivity index (χ0v) is 17.3. The minimum atomic E-state index is -3.14. The summed E-state index contributed by atoms with van der Waals surface area (Å²) < 4.78 is 24.8. The average molecular weight is 409 g/mol. The van der Waals surface area contributed by atoms with E-state index in [1.807, 2.05) is 11.9 Å². The number of urea groups is 1. The number of carbonyl (C=O) groups excluding carboxylic acids is 1. The number of hydrogen-bond donors (Lipinski definition) is 1. The summed E-state index contributed by atoms with van der Waals surface area (Å²) in [7, 11) is -1.32. The van der Waals surface area contributed by atoms with Gasteiger partial charge < -0.3 is 10.2 Å². The van der Waals surface area contributed by atoms with Gasteiger partial charge in [-0.3, -0.25) is 4.90 Å². The van der Waals surface area contributed by atoms with E-state index in [-0.39, 0.29) is 18.1 Å². The Hall–Kier alpha value is -1.94. The third-order valence-electron chi connectivity index (χ3n) is 5.96. The summed E-state index contributed by atoms with van der Waals surface area (Å²) in [5, 5.41) is 3.34. The van der Waals surface area contributed by atoms with Crippen molar-refractivity contribution in [2.75, 3.05) is 36.6 Å². The second-order valence-corrected chi connectivity index (χ2v) is 10.1. The minimum Gasteiger partial charge on any atom is -0.351 e. The van der Waals surface area contributed by atoms with Crippen LogP contribution in [0.5, 0.6) is 0 Å². The molecule has 1 aromatic rings. The number of carbonyl (C=O) groups is 1. The first kappa shape index (κ1) is 19.4. The Kier molecular flexibility index (Phi) is 5.17. The first-order chi connectivity index (χ1) is 13.3. The number of piperidine rings is 1. The first-order valence-electron chi connectivity index (χ1n) is 9.95. The highest BCUT2D eigenvalue weighted by Gasteiger charge is 2.36. The lowest BCUT2D eigenvalue weighted by molar-refractivity contribution is 0.207. The number of sulfonamides is 1. The number of amides is 2. The first-order valence-corrected chi connectivity index (χ1v) is 11.8. The summed E-state index contributed by atoms with van der Waals surface area (Å²) in [4.78, 5) is 25.6. The molecule has 4 rings (SSSR count). The van der Waals surface area contributed by atoms with Crippen LogP contribution in [0.15, 0.2) is 6.20 Å². The van der Waals surface area contributed by atoms with Crippen LogP contribution in [0.4, 0.5) is 16.6 Å². The molecule has 1 aromatic heterocycles. The van der Waals surface area contributed by atoms with Crippen molar-refractivity contribution in [2.24, 2.45) is 0 Å². The Balaban J connectivity index is 1.51. The van der Waals surface area contributed by atoms with Crippen molar-refractivity contribution in [3.63, 3.8) is 0 Å². The summed E-state index contributed by atoms with van der Waals surface area (Å²) in [5.74, 6) is 1.23. The molecular weight excluding hydrogens is 380 g/mol. The van der Waals surface area contributed by atoms with E-state index < -0.39 is 10.0 Å². The van der Waals surface area contributed by atoms with Crippen LogP contribution >= 0.6 is 0 Å². The van der Waals surface area contributed by atoms with E-state index in [0.29, 0.717) is 38.4 Å². The smallest absolute Gasteiger partial charge is 0.325 e. The zero-order valence-electron chi connectivity index (χ0n) is 16.5. The summed E-state index contributed by atoms with van der Waals surface area (Å²) >= 11 is 0. The molecule has 154 valence electrons. The van der Waals surface area contributed by atoms with Gasteiger partial charge >= 0.3 is 6.03 Å². The number of nitrogens with one attached hydrogen (secondary N) is 1. The average Bonchev–Trinajstić information content (AvgIpc) is 3.17. The summed E-state index contributed by atoms with van der Waals surface area (Å²) in [5.41, 5.74) is 0.964. The highest BCUT2D eigenvalue weighted by atomic mass is 32.2. The Morgan fingerprint density at radius 2 is 1.82 bits per heavy atom. The molecule has 3 aliphatic rings. The van der Waals surface area contributed by atoms with Gasteiger partial charge in [0.15, 0.2) is 0 Å². The molecule has 0 spiro atoms. The van der Waals surface area contributed by atoms with Gasteiger partial charge in [-0.05, 0) is 25.7 Å². The van der Waals surface area contributed by atoms with Crippen LogP contribution < -0.4 is 10.2 Å². The van der Waals surface area contributed by atoms with Gasteiger partial charge in [0.25, 0.3) is 0 Å². The van der Waals surface area contributed by atoms with Crippen molar-refractivity contribution in [2.45, 2.75) is 57.2 Å². The predicted octanol–water partition coefficient (Wildman–Crippen LogP) is 1.63. The van der Waals surface area contributed by atoms with E-state index in [1.165, 1.54) is 10.6 Å². The molecule has 2 amide bonds. The predicted molar refractivity (Wildman–Crippen MR) is 107 cm³/mol. The molecule has 0 aromatic carbocycles. The fourth-order valence-corrected chi connectivity index (χ4v) is 5.27. The van der Waals surface area contributed by atoms with Gasteiger partial charge in [0.2, 0.25) is 16.0 Å². The molecule has 1 saturated carbocycles. The molecule has 10 heteroatoms. The van der Waals surface area contributed by atoms with Gasteiger partial charge in [-0.2, -0.15) is 4.98 Å². The SMILES string of the molecule is CN1Cc2cnc(NC3CCN(S(C)(=O)=O)CC3)nc2N(C2CCCC2)C1=O. The highest BCUT2D eigenvalue weighted by molar-refractivity contribution is 7.88. The number of anilines is 2. The molecule has 28 heavy (non-hydrogen) atoms. The van der Waals surface area contributed by atoms with Crippen LogP contribution in [-0.4, -0.2) is 72.1 Å². The highest BCUT2D eigenvalue weighted by Crippen LogP contribution is 2.34. The van der Waals surface area contributed by atoms with Gasteiger partial charge in [0, 0.05) is 44.0 Å². The molecule has 0 bridgehead atoms. The third-order valence-corrected chi connectivity index (χ3v) is 7.26. The van der Waals surface area contributed by atoms with Gasteiger partial charge in [-0.25, -0.2) is 22.5 Å². The van der Waals surface area contributed by atoms with Gasteiger partial charge in [-0.15, -0.1) is 0 Å². The molecule has 2 aliphatic heterocycles. The molecule has 9 nitrogen and oxygen atoms in total. The van der Waals surface area contributed by atoms with Crippen molar-refractivity contribution >= 4 is 27.8 Å². The molecule has 0 radical (unpaired) electrons. The lowest BCUT2D eigenvalue weighted by Crippen LogP contribution is -2.50. The van der Waals surface area contributed by atoms with E-state index in [4.69, 9.17) is 4.98 Å². The summed E-state index contributed by atoms with van der Waals surface area (Å²) in [6, 6.07) is 0.332. The number of fused-ring (bicyclic) bond motifs is 1. The minimum absolute atomic E-state index is 0.00510. The van der Waals surface area contributed by atoms with Crippen LogP contribution in [0.1, 0.15) is 44.1 Å². The maximum absolute atomic E-state index is 12.8. The van der Waals surface area contributed by atoms with E-state index >= 15 is 0 Å². The molecule has 0 atom stereocenters. The Morgan fingerprint density at radius 3 is 2.46 bits per heavy atom. The molecule has 1 N–H and O–H groups in total. The lowest BCUT2D eigenvalue weighted by atomic mass is 10.1. The zero-order chi connectivity index (χ0) is 19.9. The van der Waals surface area contributed by atoms with Gasteiger partial charge in [-0.1, -0.05) is 12.8 Å². The molecule has 2 fully saturated rings. The summed E-state index contributed by atoms with van der Waals surface area (Å²) in [6.45, 7) is 1.52. The van der Waals surface area contributed by atoms with Crippen molar-refractivity contribution in [3.8, 4) is 0 Å². The van der Waals surface area contributed by atoms with Crippen molar-refractivity contribution in [3.05, 3.63) is 11.8 Å². The molecule has 0 unspecified atom stereocenters. The fourth-order valence-electron chi connectivity index (χ4n) is 4.39. The third kappa shape index (κ3) is 3.80. The lowest BCUT2D eigenvalue weighted by Gasteiger charge is -2.37. The molecule has 1 saturated heterocycles. The fraction of sp³-hybridized carbons (Fsp3) is 0.722. The van der Waals surface area contributed by atoms with Crippen molar-refractivity contribution in [1.82, 2.24) is 19.2 Å². The molecule has 1 aliphatic carbocycles. The Labute approximate surface area is 166 Å². The van der Waals surface area contributed by atoms with E-state index in [9.17, 15) is 13.2 Å². The van der Waals surface area contributed by atoms with E-state index in [0.717, 1.165) is 37.1 Å². The molecule has 3 heterocycles. The van der Waals surface area contributed by atoms with Crippen LogP contribution in [-0.2, 0) is 16.6 Å². The number of hydrogen-bond acceptors (Lipinski definition) is 6. The van der Waals surface area contributed by atoms with Crippen molar-refractivity contribution in [1.29, 1.82) is 0 Å².